The van der Waals surface area contributed by atoms with Crippen LogP contribution in [0.5, 0.6) is 0 Å². The van der Waals surface area contributed by atoms with Gasteiger partial charge in [0.15, 0.2) is 5.11 Å². The van der Waals surface area contributed by atoms with Gasteiger partial charge in [0.1, 0.15) is 5.82 Å². The second kappa shape index (κ2) is 11.2. The van der Waals surface area contributed by atoms with Gasteiger partial charge in [-0.25, -0.2) is 9.18 Å². The largest absolute Gasteiger partial charge is 0.462 e. The number of thiocarbonyl (C=S) groups is 1. The van der Waals surface area contributed by atoms with Gasteiger partial charge in [0.25, 0.3) is 0 Å². The van der Waals surface area contributed by atoms with E-state index in [1.807, 2.05) is 13.0 Å². The number of rotatable bonds is 8. The Balaban J connectivity index is 1.80. The first kappa shape index (κ1) is 22.5. The van der Waals surface area contributed by atoms with Gasteiger partial charge in [-0.1, -0.05) is 23.7 Å². The summed E-state index contributed by atoms with van der Waals surface area (Å²) in [7, 11) is 0. The van der Waals surface area contributed by atoms with Gasteiger partial charge in [-0.05, 0) is 55.9 Å². The van der Waals surface area contributed by atoms with Crippen LogP contribution in [0.15, 0.2) is 36.4 Å². The fourth-order valence-corrected chi connectivity index (χ4v) is 3.76. The number of halogens is 2. The zero-order chi connectivity index (χ0) is 20.5. The van der Waals surface area contributed by atoms with Gasteiger partial charge >= 0.3 is 5.97 Å². The minimum atomic E-state index is -0.368. The van der Waals surface area contributed by atoms with Gasteiger partial charge in [-0.3, -0.25) is 0 Å². The lowest BCUT2D eigenvalue weighted by atomic mass is 10.1. The standard InChI is InChI=1S/C20H22ClFN2O2S2/c1-3-26-19(25)14-8-7-13(2)18(11-14)24-20(27)23-9-10-28-12-15-16(21)5-4-6-17(15)22/h4-8,11H,3,9-10,12H2,1-2H3,(H2,23,24,27). The quantitative estimate of drug-likeness (QED) is 0.335. The maximum Gasteiger partial charge on any atom is 0.338 e. The van der Waals surface area contributed by atoms with Crippen LogP contribution in [0.1, 0.15) is 28.4 Å². The van der Waals surface area contributed by atoms with Crippen LogP contribution in [0.3, 0.4) is 0 Å². The van der Waals surface area contributed by atoms with Gasteiger partial charge in [0, 0.05) is 34.3 Å². The molecule has 0 bridgehead atoms. The predicted octanol–water partition coefficient (Wildman–Crippen LogP) is 5.18. The Labute approximate surface area is 179 Å². The Kier molecular flexibility index (Phi) is 9.02. The molecule has 0 saturated carbocycles. The van der Waals surface area contributed by atoms with E-state index in [0.29, 0.717) is 40.2 Å². The van der Waals surface area contributed by atoms with E-state index < -0.39 is 0 Å². The summed E-state index contributed by atoms with van der Waals surface area (Å²) in [6.07, 6.45) is 0. The molecule has 2 N–H and O–H groups in total. The zero-order valence-corrected chi connectivity index (χ0v) is 18.1. The highest BCUT2D eigenvalue weighted by molar-refractivity contribution is 7.98. The molecule has 2 rings (SSSR count). The number of hydrogen-bond acceptors (Lipinski definition) is 4. The number of thioether (sulfide) groups is 1. The van der Waals surface area contributed by atoms with Crippen LogP contribution in [0.4, 0.5) is 10.1 Å². The van der Waals surface area contributed by atoms with Gasteiger partial charge in [-0.2, -0.15) is 11.8 Å². The van der Waals surface area contributed by atoms with Crippen LogP contribution in [-0.2, 0) is 10.5 Å². The first-order valence-electron chi connectivity index (χ1n) is 8.75. The van der Waals surface area contributed by atoms with E-state index in [1.54, 1.807) is 43.0 Å². The van der Waals surface area contributed by atoms with Crippen molar-refractivity contribution in [2.45, 2.75) is 19.6 Å². The number of benzene rings is 2. The molecule has 0 amide bonds. The minimum absolute atomic E-state index is 0.290. The van der Waals surface area contributed by atoms with E-state index in [2.05, 4.69) is 10.6 Å². The molecule has 28 heavy (non-hydrogen) atoms. The third-order valence-corrected chi connectivity index (χ3v) is 5.42. The van der Waals surface area contributed by atoms with Gasteiger partial charge in [0.2, 0.25) is 0 Å². The summed E-state index contributed by atoms with van der Waals surface area (Å²) in [6, 6.07) is 9.97. The SMILES string of the molecule is CCOC(=O)c1ccc(C)c(NC(=S)NCCSCc2c(F)cccc2Cl)c1. The van der Waals surface area contributed by atoms with Crippen molar-refractivity contribution in [1.29, 1.82) is 0 Å². The number of carbonyl (C=O) groups excluding carboxylic acids is 1. The molecule has 0 atom stereocenters. The van der Waals surface area contributed by atoms with Crippen molar-refractivity contribution in [2.24, 2.45) is 0 Å². The van der Waals surface area contributed by atoms with Crippen LogP contribution in [-0.4, -0.2) is 30.0 Å². The van der Waals surface area contributed by atoms with Gasteiger partial charge in [-0.15, -0.1) is 0 Å². The number of aryl methyl sites for hydroxylation is 1. The molecular weight excluding hydrogens is 419 g/mol. The highest BCUT2D eigenvalue weighted by Crippen LogP contribution is 2.23. The molecule has 0 radical (unpaired) electrons. The normalized spacial score (nSPS) is 10.4. The first-order valence-corrected chi connectivity index (χ1v) is 10.7. The summed E-state index contributed by atoms with van der Waals surface area (Å²) >= 11 is 12.9. The Hall–Kier alpha value is -1.83. The molecule has 0 unspecified atom stereocenters. The van der Waals surface area contributed by atoms with E-state index in [9.17, 15) is 9.18 Å². The number of ether oxygens (including phenoxy) is 1. The summed E-state index contributed by atoms with van der Waals surface area (Å²) in [6.45, 7) is 4.63. The van der Waals surface area contributed by atoms with Crippen molar-refractivity contribution in [3.63, 3.8) is 0 Å². The van der Waals surface area contributed by atoms with Gasteiger partial charge in [0.05, 0.1) is 12.2 Å². The second-order valence-electron chi connectivity index (χ2n) is 5.88. The van der Waals surface area contributed by atoms with E-state index in [4.69, 9.17) is 28.6 Å². The van der Waals surface area contributed by atoms with Crippen molar-refractivity contribution < 1.29 is 13.9 Å². The number of anilines is 1. The summed E-state index contributed by atoms with van der Waals surface area (Å²) in [5.41, 5.74) is 2.69. The molecule has 4 nitrogen and oxygen atoms in total. The Morgan fingerprint density at radius 3 is 2.82 bits per heavy atom. The first-order chi connectivity index (χ1) is 13.4. The number of carbonyl (C=O) groups is 1. The lowest BCUT2D eigenvalue weighted by Gasteiger charge is -2.13. The second-order valence-corrected chi connectivity index (χ2v) is 7.80. The molecule has 2 aromatic carbocycles. The molecule has 150 valence electrons. The molecule has 8 heteroatoms. The highest BCUT2D eigenvalue weighted by atomic mass is 35.5. The monoisotopic (exact) mass is 440 g/mol. The smallest absolute Gasteiger partial charge is 0.338 e. The van der Waals surface area contributed by atoms with E-state index in [0.717, 1.165) is 17.0 Å². The van der Waals surface area contributed by atoms with Crippen LogP contribution in [0, 0.1) is 12.7 Å². The topological polar surface area (TPSA) is 50.4 Å². The van der Waals surface area contributed by atoms with E-state index in [1.165, 1.54) is 6.07 Å². The zero-order valence-electron chi connectivity index (χ0n) is 15.7. The molecule has 0 aliphatic rings. The lowest BCUT2D eigenvalue weighted by molar-refractivity contribution is 0.0526. The molecule has 0 spiro atoms. The fraction of sp³-hybridized carbons (Fsp3) is 0.300. The molecule has 0 aliphatic carbocycles. The third-order valence-electron chi connectivity index (χ3n) is 3.84. The number of esters is 1. The molecule has 0 aliphatic heterocycles. The van der Waals surface area contributed by atoms with Crippen molar-refractivity contribution in [2.75, 3.05) is 24.2 Å². The predicted molar refractivity (Wildman–Crippen MR) is 119 cm³/mol. The molecule has 0 aromatic heterocycles. The molecular formula is C20H22ClFN2O2S2. The molecule has 2 aromatic rings. The fourth-order valence-electron chi connectivity index (χ4n) is 2.35. The van der Waals surface area contributed by atoms with Crippen molar-refractivity contribution in [1.82, 2.24) is 5.32 Å². The number of nitrogens with one attached hydrogen (secondary N) is 2. The van der Waals surface area contributed by atoms with Crippen LogP contribution in [0.2, 0.25) is 5.02 Å². The van der Waals surface area contributed by atoms with Crippen molar-refractivity contribution in [3.05, 3.63) is 63.9 Å². The van der Waals surface area contributed by atoms with Gasteiger partial charge < -0.3 is 15.4 Å². The van der Waals surface area contributed by atoms with Crippen LogP contribution < -0.4 is 10.6 Å². The minimum Gasteiger partial charge on any atom is -0.462 e. The summed E-state index contributed by atoms with van der Waals surface area (Å²) < 4.78 is 18.7. The Bertz CT molecular complexity index is 829. The molecule has 0 saturated heterocycles. The maximum atomic E-state index is 13.7. The van der Waals surface area contributed by atoms with Crippen molar-refractivity contribution >= 4 is 52.3 Å². The summed E-state index contributed by atoms with van der Waals surface area (Å²) in [5.74, 6) is 0.567. The van der Waals surface area contributed by atoms with Crippen LogP contribution >= 0.6 is 35.6 Å². The van der Waals surface area contributed by atoms with E-state index in [-0.39, 0.29) is 11.8 Å². The Morgan fingerprint density at radius 1 is 1.32 bits per heavy atom. The number of hydrogen-bond donors (Lipinski definition) is 2. The summed E-state index contributed by atoms with van der Waals surface area (Å²) in [4.78, 5) is 11.9. The molecule has 0 fully saturated rings. The van der Waals surface area contributed by atoms with Crippen molar-refractivity contribution in [3.8, 4) is 0 Å². The average Bonchev–Trinajstić information content (AvgIpc) is 2.65. The highest BCUT2D eigenvalue weighted by Gasteiger charge is 2.10. The Morgan fingerprint density at radius 2 is 2.11 bits per heavy atom. The molecule has 0 heterocycles. The lowest BCUT2D eigenvalue weighted by Crippen LogP contribution is -2.30. The van der Waals surface area contributed by atoms with Crippen LogP contribution in [0.25, 0.3) is 0 Å². The maximum absolute atomic E-state index is 13.7. The van der Waals surface area contributed by atoms with E-state index >= 15 is 0 Å². The summed E-state index contributed by atoms with van der Waals surface area (Å²) in [5, 5.41) is 7.09. The average molecular weight is 441 g/mol. The third kappa shape index (κ3) is 6.65.